The smallest absolute Gasteiger partial charge is 0.0746 e. The number of rotatable bonds is 4. The second kappa shape index (κ2) is 11.3. The highest BCUT2D eigenvalue weighted by atomic mass is 79.9. The molecule has 2 aromatic heterocycles. The van der Waals surface area contributed by atoms with Crippen LogP contribution in [-0.4, -0.2) is 9.13 Å². The van der Waals surface area contributed by atoms with Gasteiger partial charge in [-0.25, -0.2) is 0 Å². The van der Waals surface area contributed by atoms with Crippen LogP contribution < -0.4 is 0 Å². The van der Waals surface area contributed by atoms with Crippen LogP contribution in [0.3, 0.4) is 0 Å². The third kappa shape index (κ3) is 3.93. The molecule has 0 saturated carbocycles. The monoisotopic (exact) mass is 742 g/mol. The predicted octanol–water partition coefficient (Wildman–Crippen LogP) is 13.7. The highest BCUT2D eigenvalue weighted by Crippen LogP contribution is 2.65. The number of nitrogens with zero attached hydrogens (tertiary/aromatic N) is 2. The molecule has 53 heavy (non-hydrogen) atoms. The van der Waals surface area contributed by atoms with E-state index in [1.54, 1.807) is 0 Å². The highest BCUT2D eigenvalue weighted by Gasteiger charge is 2.53. The number of hydrogen-bond donors (Lipinski definition) is 0. The average Bonchev–Trinajstić information content (AvgIpc) is 3.91. The number of fused-ring (bicyclic) bond motifs is 17. The number of halogens is 1. The number of allylic oxidation sites excluding steroid dienone is 4. The number of hydrogen-bond acceptors (Lipinski definition) is 0. The molecule has 0 saturated heterocycles. The van der Waals surface area contributed by atoms with Crippen molar-refractivity contribution in [3.63, 3.8) is 0 Å². The van der Waals surface area contributed by atoms with Gasteiger partial charge in [-0.15, -0.1) is 0 Å². The Bertz CT molecular complexity index is 3010. The molecule has 9 aromatic rings. The standard InChI is InChI=1S/C50H35BrN2/c1-3-32(53-45-25-12-6-16-34(45)35-17-7-13-26-46(35)53)28-27-31(2)52-44-24-11-8-18-36(44)38-30-29-37-33-15-4-9-20-40(33)50(48(37)49(38)52)41-21-10-5-19-39(41)47-42(50)22-14-23-43(47)51/h3-31H,1-2H3/b28-27-,32-3+. The van der Waals surface area contributed by atoms with Gasteiger partial charge in [-0.1, -0.05) is 155 Å². The van der Waals surface area contributed by atoms with Gasteiger partial charge in [-0.05, 0) is 77.6 Å². The molecular formula is C50H35BrN2. The Balaban J connectivity index is 1.20. The number of aromatic nitrogens is 2. The minimum absolute atomic E-state index is 0.0475. The number of para-hydroxylation sites is 3. The van der Waals surface area contributed by atoms with E-state index in [-0.39, 0.29) is 6.04 Å². The molecule has 0 aliphatic heterocycles. The van der Waals surface area contributed by atoms with Crippen LogP contribution in [0.4, 0.5) is 0 Å². The Morgan fingerprint density at radius 2 is 1.13 bits per heavy atom. The molecule has 0 radical (unpaired) electrons. The van der Waals surface area contributed by atoms with Crippen LogP contribution in [0, 0.1) is 0 Å². The van der Waals surface area contributed by atoms with Gasteiger partial charge in [0.25, 0.3) is 0 Å². The van der Waals surface area contributed by atoms with Crippen molar-refractivity contribution in [1.82, 2.24) is 9.13 Å². The summed E-state index contributed by atoms with van der Waals surface area (Å²) in [7, 11) is 0. The second-order valence-electron chi connectivity index (χ2n) is 14.5. The van der Waals surface area contributed by atoms with Crippen molar-refractivity contribution in [2.24, 2.45) is 0 Å². The first-order chi connectivity index (χ1) is 26.1. The van der Waals surface area contributed by atoms with Gasteiger partial charge in [0, 0.05) is 54.4 Å². The van der Waals surface area contributed by atoms with Crippen molar-refractivity contribution in [2.45, 2.75) is 25.3 Å². The van der Waals surface area contributed by atoms with Gasteiger partial charge in [0.1, 0.15) is 0 Å². The molecule has 2 aliphatic carbocycles. The molecule has 0 N–H and O–H groups in total. The molecule has 2 heterocycles. The maximum atomic E-state index is 4.01. The third-order valence-corrected chi connectivity index (χ3v) is 12.6. The fraction of sp³-hybridized carbons (Fsp3) is 0.0800. The molecule has 1 spiro atoms. The van der Waals surface area contributed by atoms with Gasteiger partial charge in [0.15, 0.2) is 0 Å². The molecule has 11 rings (SSSR count). The lowest BCUT2D eigenvalue weighted by atomic mass is 9.70. The van der Waals surface area contributed by atoms with Crippen molar-refractivity contribution >= 4 is 65.2 Å². The first kappa shape index (κ1) is 30.7. The summed E-state index contributed by atoms with van der Waals surface area (Å²) in [6.45, 7) is 4.50. The molecule has 0 amide bonds. The van der Waals surface area contributed by atoms with Gasteiger partial charge >= 0.3 is 0 Å². The molecule has 0 fully saturated rings. The number of benzene rings is 7. The minimum Gasteiger partial charge on any atom is -0.333 e. The second-order valence-corrected chi connectivity index (χ2v) is 15.3. The Hall–Kier alpha value is -5.90. The average molecular weight is 744 g/mol. The lowest BCUT2D eigenvalue weighted by molar-refractivity contribution is 0.700. The molecule has 2 nitrogen and oxygen atoms in total. The van der Waals surface area contributed by atoms with E-state index in [2.05, 4.69) is 209 Å². The van der Waals surface area contributed by atoms with E-state index >= 15 is 0 Å². The fourth-order valence-corrected chi connectivity index (χ4v) is 10.5. The first-order valence-corrected chi connectivity index (χ1v) is 19.3. The summed E-state index contributed by atoms with van der Waals surface area (Å²) in [6, 6.07) is 56.2. The van der Waals surface area contributed by atoms with Crippen LogP contribution in [0.15, 0.2) is 174 Å². The van der Waals surface area contributed by atoms with Crippen LogP contribution >= 0.6 is 15.9 Å². The van der Waals surface area contributed by atoms with Gasteiger partial charge in [-0.3, -0.25) is 0 Å². The van der Waals surface area contributed by atoms with E-state index in [0.717, 1.165) is 10.2 Å². The SMILES string of the molecule is C/C=C(\C=C/C(C)n1c2ccccc2c2ccc3c(c21)C1(c2ccccc2-3)c2ccccc2-c2c(Br)cccc21)n1c2ccccc2c2ccccc21. The van der Waals surface area contributed by atoms with Gasteiger partial charge in [-0.2, -0.15) is 0 Å². The zero-order valence-electron chi connectivity index (χ0n) is 29.5. The van der Waals surface area contributed by atoms with Crippen molar-refractivity contribution in [1.29, 1.82) is 0 Å². The van der Waals surface area contributed by atoms with Crippen molar-refractivity contribution in [3.8, 4) is 22.3 Å². The third-order valence-electron chi connectivity index (χ3n) is 12.0. The lowest BCUT2D eigenvalue weighted by Gasteiger charge is -2.32. The molecule has 2 unspecified atom stereocenters. The molecule has 7 aromatic carbocycles. The van der Waals surface area contributed by atoms with E-state index in [1.165, 1.54) is 88.1 Å². The van der Waals surface area contributed by atoms with Crippen LogP contribution in [0.1, 0.15) is 42.1 Å². The van der Waals surface area contributed by atoms with E-state index in [9.17, 15) is 0 Å². The summed E-state index contributed by atoms with van der Waals surface area (Å²) < 4.78 is 6.16. The maximum Gasteiger partial charge on any atom is 0.0746 e. The first-order valence-electron chi connectivity index (χ1n) is 18.5. The molecular weight excluding hydrogens is 708 g/mol. The summed E-state index contributed by atoms with van der Waals surface area (Å²) in [5.41, 5.74) is 16.3. The van der Waals surface area contributed by atoms with E-state index in [0.29, 0.717) is 0 Å². The molecule has 0 bridgehead atoms. The molecule has 2 atom stereocenters. The molecule has 2 aliphatic rings. The minimum atomic E-state index is -0.464. The largest absolute Gasteiger partial charge is 0.333 e. The van der Waals surface area contributed by atoms with Gasteiger partial charge in [0.2, 0.25) is 0 Å². The van der Waals surface area contributed by atoms with Crippen molar-refractivity contribution < 1.29 is 0 Å². The van der Waals surface area contributed by atoms with Crippen LogP contribution in [0.2, 0.25) is 0 Å². The maximum absolute atomic E-state index is 4.01. The summed E-state index contributed by atoms with van der Waals surface area (Å²) in [5.74, 6) is 0. The Labute approximate surface area is 317 Å². The van der Waals surface area contributed by atoms with Crippen LogP contribution in [-0.2, 0) is 5.41 Å². The van der Waals surface area contributed by atoms with Crippen molar-refractivity contribution in [3.05, 3.63) is 197 Å². The van der Waals surface area contributed by atoms with E-state index < -0.39 is 5.41 Å². The lowest BCUT2D eigenvalue weighted by Crippen LogP contribution is -2.27. The Kier molecular flexibility index (Phi) is 6.54. The Morgan fingerprint density at radius 3 is 1.83 bits per heavy atom. The van der Waals surface area contributed by atoms with Crippen molar-refractivity contribution in [2.75, 3.05) is 0 Å². The fourth-order valence-electron chi connectivity index (χ4n) is 9.96. The summed E-state index contributed by atoms with van der Waals surface area (Å²) in [5, 5.41) is 5.12. The summed E-state index contributed by atoms with van der Waals surface area (Å²) in [4.78, 5) is 0. The summed E-state index contributed by atoms with van der Waals surface area (Å²) in [6.07, 6.45) is 6.96. The molecule has 3 heteroatoms. The van der Waals surface area contributed by atoms with Gasteiger partial charge in [0.05, 0.1) is 22.0 Å². The Morgan fingerprint density at radius 1 is 0.566 bits per heavy atom. The summed E-state index contributed by atoms with van der Waals surface area (Å²) >= 11 is 4.01. The predicted molar refractivity (Wildman–Crippen MR) is 227 cm³/mol. The quantitative estimate of drug-likeness (QED) is 0.159. The zero-order valence-corrected chi connectivity index (χ0v) is 31.1. The zero-order chi connectivity index (χ0) is 35.4. The van der Waals surface area contributed by atoms with Gasteiger partial charge < -0.3 is 9.13 Å². The molecule has 252 valence electrons. The topological polar surface area (TPSA) is 9.86 Å². The van der Waals surface area contributed by atoms with Crippen LogP contribution in [0.5, 0.6) is 0 Å². The van der Waals surface area contributed by atoms with E-state index in [4.69, 9.17) is 0 Å². The van der Waals surface area contributed by atoms with E-state index in [1.807, 2.05) is 0 Å². The highest BCUT2D eigenvalue weighted by molar-refractivity contribution is 9.10. The normalized spacial score (nSPS) is 16.6. The van der Waals surface area contributed by atoms with Crippen LogP contribution in [0.25, 0.3) is 71.6 Å².